The molecule has 2 rings (SSSR count). The molecule has 0 unspecified atom stereocenters. The Labute approximate surface area is 119 Å². The van der Waals surface area contributed by atoms with Gasteiger partial charge in [-0.1, -0.05) is 0 Å². The molecule has 20 heavy (non-hydrogen) atoms. The minimum atomic E-state index is 0.625. The largest absolute Gasteiger partial charge is 0.369 e. The van der Waals surface area contributed by atoms with E-state index in [1.165, 1.54) is 6.42 Å². The van der Waals surface area contributed by atoms with Gasteiger partial charge in [0.2, 0.25) is 5.95 Å². The van der Waals surface area contributed by atoms with Gasteiger partial charge in [0.15, 0.2) is 5.65 Å². The molecule has 0 saturated heterocycles. The van der Waals surface area contributed by atoms with Gasteiger partial charge in [-0.05, 0) is 40.4 Å². The smallest absolute Gasteiger partial charge is 0.226 e. The van der Waals surface area contributed by atoms with Gasteiger partial charge in [0.1, 0.15) is 5.82 Å². The number of hydrogen-bond acceptors (Lipinski definition) is 6. The molecule has 110 valence electrons. The van der Waals surface area contributed by atoms with Gasteiger partial charge in [-0.2, -0.15) is 15.1 Å². The van der Waals surface area contributed by atoms with Gasteiger partial charge in [0.25, 0.3) is 0 Å². The van der Waals surface area contributed by atoms with Crippen molar-refractivity contribution in [2.75, 3.05) is 44.4 Å². The standard InChI is InChI=1S/C13H23N7/c1-4-14-13-17-11(10-9-16-19-12(10)18-13)15-7-5-6-8-20(2)3/h9H,4-8H2,1-3H3,(H3,14,15,16,17,18,19). The van der Waals surface area contributed by atoms with E-state index in [2.05, 4.69) is 49.8 Å². The molecule has 0 aliphatic rings. The van der Waals surface area contributed by atoms with Crippen molar-refractivity contribution in [2.24, 2.45) is 0 Å². The summed E-state index contributed by atoms with van der Waals surface area (Å²) in [6.45, 7) is 4.82. The summed E-state index contributed by atoms with van der Waals surface area (Å²) in [5, 5.41) is 14.4. The van der Waals surface area contributed by atoms with Crippen LogP contribution in [0.3, 0.4) is 0 Å². The summed E-state index contributed by atoms with van der Waals surface area (Å²) in [6.07, 6.45) is 4.03. The summed E-state index contributed by atoms with van der Waals surface area (Å²) < 4.78 is 0. The fraction of sp³-hybridized carbons (Fsp3) is 0.615. The zero-order chi connectivity index (χ0) is 14.4. The Balaban J connectivity index is 1.98. The Morgan fingerprint density at radius 1 is 1.20 bits per heavy atom. The van der Waals surface area contributed by atoms with Crippen molar-refractivity contribution in [3.8, 4) is 0 Å². The maximum absolute atomic E-state index is 4.49. The van der Waals surface area contributed by atoms with Crippen LogP contribution in [0.5, 0.6) is 0 Å². The van der Waals surface area contributed by atoms with Crippen molar-refractivity contribution in [1.29, 1.82) is 0 Å². The average Bonchev–Trinajstić information content (AvgIpc) is 2.86. The van der Waals surface area contributed by atoms with E-state index in [4.69, 9.17) is 0 Å². The summed E-state index contributed by atoms with van der Waals surface area (Å²) in [5.41, 5.74) is 0.756. The molecule has 0 aliphatic heterocycles. The molecule has 0 radical (unpaired) electrons. The molecular formula is C13H23N7. The maximum Gasteiger partial charge on any atom is 0.226 e. The minimum absolute atomic E-state index is 0.625. The van der Waals surface area contributed by atoms with Crippen molar-refractivity contribution in [1.82, 2.24) is 25.1 Å². The monoisotopic (exact) mass is 277 g/mol. The summed E-state index contributed by atoms with van der Waals surface area (Å²) >= 11 is 0. The second-order valence-corrected chi connectivity index (χ2v) is 5.00. The highest BCUT2D eigenvalue weighted by atomic mass is 15.2. The summed E-state index contributed by atoms with van der Waals surface area (Å²) in [6, 6.07) is 0. The van der Waals surface area contributed by atoms with Crippen molar-refractivity contribution < 1.29 is 0 Å². The minimum Gasteiger partial charge on any atom is -0.369 e. The second-order valence-electron chi connectivity index (χ2n) is 5.00. The first-order chi connectivity index (χ1) is 9.70. The number of aromatic nitrogens is 4. The summed E-state index contributed by atoms with van der Waals surface area (Å²) in [7, 11) is 4.19. The molecule has 0 bridgehead atoms. The van der Waals surface area contributed by atoms with Gasteiger partial charge in [-0.25, -0.2) is 0 Å². The van der Waals surface area contributed by atoms with Gasteiger partial charge in [0, 0.05) is 13.1 Å². The lowest BCUT2D eigenvalue weighted by Crippen LogP contribution is -2.14. The molecule has 0 saturated carbocycles. The molecule has 0 atom stereocenters. The number of aromatic amines is 1. The molecular weight excluding hydrogens is 254 g/mol. The number of anilines is 2. The molecule has 0 spiro atoms. The first kappa shape index (κ1) is 14.5. The lowest BCUT2D eigenvalue weighted by Gasteiger charge is -2.11. The summed E-state index contributed by atoms with van der Waals surface area (Å²) in [5.74, 6) is 1.46. The third kappa shape index (κ3) is 3.80. The van der Waals surface area contributed by atoms with E-state index in [0.29, 0.717) is 5.95 Å². The lowest BCUT2D eigenvalue weighted by molar-refractivity contribution is 0.396. The third-order valence-electron chi connectivity index (χ3n) is 2.97. The van der Waals surface area contributed by atoms with Gasteiger partial charge in [-0.15, -0.1) is 0 Å². The average molecular weight is 277 g/mol. The van der Waals surface area contributed by atoms with Crippen LogP contribution >= 0.6 is 0 Å². The fourth-order valence-corrected chi connectivity index (χ4v) is 1.97. The van der Waals surface area contributed by atoms with Crippen molar-refractivity contribution >= 4 is 22.8 Å². The molecule has 2 heterocycles. The Hall–Kier alpha value is -1.89. The van der Waals surface area contributed by atoms with Crippen LogP contribution in [-0.2, 0) is 0 Å². The quantitative estimate of drug-likeness (QED) is 0.635. The van der Waals surface area contributed by atoms with Gasteiger partial charge in [-0.3, -0.25) is 5.10 Å². The molecule has 0 aromatic carbocycles. The van der Waals surface area contributed by atoms with E-state index in [0.717, 1.165) is 42.9 Å². The Kier molecular flexibility index (Phi) is 5.11. The topological polar surface area (TPSA) is 81.8 Å². The van der Waals surface area contributed by atoms with E-state index < -0.39 is 0 Å². The van der Waals surface area contributed by atoms with Crippen LogP contribution in [-0.4, -0.2) is 58.8 Å². The van der Waals surface area contributed by atoms with E-state index in [-0.39, 0.29) is 0 Å². The van der Waals surface area contributed by atoms with Crippen LogP contribution in [0.4, 0.5) is 11.8 Å². The SMILES string of the molecule is CCNc1nc(NCCCCN(C)C)c2cn[nH]c2n1. The van der Waals surface area contributed by atoms with Crippen LogP contribution in [0.15, 0.2) is 6.20 Å². The molecule has 7 heteroatoms. The van der Waals surface area contributed by atoms with Crippen molar-refractivity contribution in [2.45, 2.75) is 19.8 Å². The number of H-pyrrole nitrogens is 1. The molecule has 0 aliphatic carbocycles. The van der Waals surface area contributed by atoms with Crippen LogP contribution in [0.25, 0.3) is 11.0 Å². The van der Waals surface area contributed by atoms with Crippen LogP contribution in [0, 0.1) is 0 Å². The van der Waals surface area contributed by atoms with E-state index in [9.17, 15) is 0 Å². The molecule has 2 aromatic heterocycles. The second kappa shape index (κ2) is 7.04. The van der Waals surface area contributed by atoms with Crippen LogP contribution in [0.1, 0.15) is 19.8 Å². The predicted molar refractivity (Wildman–Crippen MR) is 82.1 cm³/mol. The Morgan fingerprint density at radius 3 is 2.80 bits per heavy atom. The first-order valence-corrected chi connectivity index (χ1v) is 7.04. The number of hydrogen-bond donors (Lipinski definition) is 3. The number of rotatable bonds is 8. The van der Waals surface area contributed by atoms with Crippen molar-refractivity contribution in [3.05, 3.63) is 6.20 Å². The third-order valence-corrected chi connectivity index (χ3v) is 2.97. The fourth-order valence-electron chi connectivity index (χ4n) is 1.97. The first-order valence-electron chi connectivity index (χ1n) is 7.04. The molecule has 7 nitrogen and oxygen atoms in total. The number of unbranched alkanes of at least 4 members (excludes halogenated alkanes) is 1. The van der Waals surface area contributed by atoms with Crippen molar-refractivity contribution in [3.63, 3.8) is 0 Å². The van der Waals surface area contributed by atoms with E-state index in [1.807, 2.05) is 6.92 Å². The highest BCUT2D eigenvalue weighted by molar-refractivity contribution is 5.86. The number of nitrogens with one attached hydrogen (secondary N) is 3. The zero-order valence-electron chi connectivity index (χ0n) is 12.4. The van der Waals surface area contributed by atoms with Gasteiger partial charge in [0.05, 0.1) is 11.6 Å². The highest BCUT2D eigenvalue weighted by Crippen LogP contribution is 2.19. The Bertz CT molecular complexity index is 534. The molecule has 3 N–H and O–H groups in total. The number of nitrogens with zero attached hydrogens (tertiary/aromatic N) is 4. The van der Waals surface area contributed by atoms with E-state index >= 15 is 0 Å². The van der Waals surface area contributed by atoms with Crippen LogP contribution < -0.4 is 10.6 Å². The van der Waals surface area contributed by atoms with Gasteiger partial charge < -0.3 is 15.5 Å². The molecule has 0 amide bonds. The zero-order valence-corrected chi connectivity index (χ0v) is 12.4. The van der Waals surface area contributed by atoms with E-state index in [1.54, 1.807) is 6.20 Å². The Morgan fingerprint density at radius 2 is 2.05 bits per heavy atom. The normalized spacial score (nSPS) is 11.2. The van der Waals surface area contributed by atoms with Crippen LogP contribution in [0.2, 0.25) is 0 Å². The molecule has 0 fully saturated rings. The maximum atomic E-state index is 4.49. The van der Waals surface area contributed by atoms with Gasteiger partial charge >= 0.3 is 0 Å². The summed E-state index contributed by atoms with van der Waals surface area (Å²) in [4.78, 5) is 11.1. The molecule has 2 aromatic rings. The number of fused-ring (bicyclic) bond motifs is 1. The highest BCUT2D eigenvalue weighted by Gasteiger charge is 2.08. The predicted octanol–water partition coefficient (Wildman–Crippen LogP) is 1.54. The lowest BCUT2D eigenvalue weighted by atomic mass is 10.3.